The summed E-state index contributed by atoms with van der Waals surface area (Å²) >= 11 is 6.46. The second-order valence-electron chi connectivity index (χ2n) is 11.0. The number of rotatable bonds is 4. The van der Waals surface area contributed by atoms with Gasteiger partial charge >= 0.3 is 6.18 Å². The van der Waals surface area contributed by atoms with E-state index in [9.17, 15) is 27.5 Å². The first-order valence-electron chi connectivity index (χ1n) is 13.1. The molecule has 4 fully saturated rings. The number of carbonyl (C=O) groups excluding carboxylic acids is 1. The number of aliphatic imine (C=N–C) groups is 1. The molecule has 4 aliphatic rings. The largest absolute Gasteiger partial charge is 0.405 e. The van der Waals surface area contributed by atoms with E-state index in [1.807, 2.05) is 6.92 Å². The van der Waals surface area contributed by atoms with Crippen molar-refractivity contribution in [2.45, 2.75) is 100.0 Å². The van der Waals surface area contributed by atoms with Gasteiger partial charge in [-0.3, -0.25) is 15.5 Å². The van der Waals surface area contributed by atoms with Gasteiger partial charge in [0.15, 0.2) is 5.96 Å². The number of carbonyl (C=O) groups is 1. The van der Waals surface area contributed by atoms with Crippen LogP contribution >= 0.6 is 11.6 Å². The molecule has 10 atom stereocenters. The molecule has 2 saturated heterocycles. The SMILES string of the molecule is CC1C(Cl)CCCC1N/C(=N/C1CC(C2CCC(O)C(F)C2)NN1)NC(=O)C1CN(C)NC1C(F)(F)F. The molecule has 6 N–H and O–H groups in total. The van der Waals surface area contributed by atoms with Crippen LogP contribution in [0.25, 0.3) is 0 Å². The summed E-state index contributed by atoms with van der Waals surface area (Å²) in [6.07, 6.45) is -2.90. The van der Waals surface area contributed by atoms with Crippen LogP contribution in [0.2, 0.25) is 0 Å². The van der Waals surface area contributed by atoms with Crippen LogP contribution in [0.5, 0.6) is 0 Å². The molecule has 0 aromatic rings. The lowest BCUT2D eigenvalue weighted by Crippen LogP contribution is -2.55. The number of alkyl halides is 5. The zero-order chi connectivity index (χ0) is 26.9. The van der Waals surface area contributed by atoms with Crippen LogP contribution in [0.15, 0.2) is 4.99 Å². The maximum atomic E-state index is 14.1. The van der Waals surface area contributed by atoms with Crippen LogP contribution in [0.1, 0.15) is 51.9 Å². The first kappa shape index (κ1) is 28.8. The van der Waals surface area contributed by atoms with Crippen LogP contribution in [0, 0.1) is 17.8 Å². The minimum Gasteiger partial charge on any atom is -0.390 e. The zero-order valence-electron chi connectivity index (χ0n) is 21.1. The van der Waals surface area contributed by atoms with Crippen molar-refractivity contribution in [2.75, 3.05) is 13.6 Å². The highest BCUT2D eigenvalue weighted by atomic mass is 35.5. The van der Waals surface area contributed by atoms with E-state index in [-0.39, 0.29) is 48.2 Å². The Morgan fingerprint density at radius 1 is 1.16 bits per heavy atom. The lowest BCUT2D eigenvalue weighted by Gasteiger charge is -2.34. The second-order valence-corrected chi connectivity index (χ2v) is 11.5. The molecule has 0 aromatic carbocycles. The Balaban J connectivity index is 1.47. The molecule has 0 bridgehead atoms. The standard InChI is InChI=1S/C23H38ClF4N7O2/c1-11-14(24)4-3-5-16(11)29-22(31-21(37)13-10-35(2)34-20(13)23(26,27)28)30-19-9-17(32-33-19)12-6-7-18(36)15(25)8-12/h11-20,32-34,36H,3-10H2,1-2H3,(H2,29,30,31,37). The molecule has 10 unspecified atom stereocenters. The molecule has 0 aromatic heterocycles. The smallest absolute Gasteiger partial charge is 0.390 e. The van der Waals surface area contributed by atoms with Crippen LogP contribution in [0.4, 0.5) is 17.6 Å². The summed E-state index contributed by atoms with van der Waals surface area (Å²) in [5.41, 5.74) is 8.52. The topological polar surface area (TPSA) is 113 Å². The van der Waals surface area contributed by atoms with E-state index in [1.165, 1.54) is 12.1 Å². The highest BCUT2D eigenvalue weighted by molar-refractivity contribution is 6.20. The van der Waals surface area contributed by atoms with Crippen LogP contribution < -0.4 is 26.9 Å². The quantitative estimate of drug-likeness (QED) is 0.135. The van der Waals surface area contributed by atoms with Gasteiger partial charge in [0.05, 0.1) is 12.0 Å². The van der Waals surface area contributed by atoms with E-state index in [0.717, 1.165) is 19.3 Å². The van der Waals surface area contributed by atoms with Crippen LogP contribution in [-0.4, -0.2) is 83.7 Å². The number of hydrogen-bond donors (Lipinski definition) is 6. The van der Waals surface area contributed by atoms with Crippen molar-refractivity contribution < 1.29 is 27.5 Å². The van der Waals surface area contributed by atoms with Crippen molar-refractivity contribution >= 4 is 23.5 Å². The molecular formula is C23H38ClF4N7O2. The number of nitrogens with one attached hydrogen (secondary N) is 5. The fraction of sp³-hybridized carbons (Fsp3) is 0.913. The maximum absolute atomic E-state index is 14.1. The van der Waals surface area contributed by atoms with Crippen molar-refractivity contribution in [1.29, 1.82) is 0 Å². The highest BCUT2D eigenvalue weighted by Crippen LogP contribution is 2.33. The molecule has 37 heavy (non-hydrogen) atoms. The van der Waals surface area contributed by atoms with Gasteiger partial charge in [0, 0.05) is 37.5 Å². The van der Waals surface area contributed by atoms with Crippen LogP contribution in [0.3, 0.4) is 0 Å². The Kier molecular flexibility index (Phi) is 9.22. The van der Waals surface area contributed by atoms with Gasteiger partial charge in [-0.25, -0.2) is 25.2 Å². The van der Waals surface area contributed by atoms with Crippen LogP contribution in [-0.2, 0) is 4.79 Å². The van der Waals surface area contributed by atoms with E-state index in [0.29, 0.717) is 19.3 Å². The number of aliphatic hydroxyl groups is 1. The molecule has 2 aliphatic heterocycles. The van der Waals surface area contributed by atoms with Gasteiger partial charge in [-0.15, -0.1) is 11.6 Å². The van der Waals surface area contributed by atoms with Gasteiger partial charge in [-0.1, -0.05) is 6.92 Å². The molecule has 2 aliphatic carbocycles. The summed E-state index contributed by atoms with van der Waals surface area (Å²) < 4.78 is 54.7. The Labute approximate surface area is 219 Å². The zero-order valence-corrected chi connectivity index (χ0v) is 21.8. The molecule has 212 valence electrons. The first-order valence-corrected chi connectivity index (χ1v) is 13.5. The van der Waals surface area contributed by atoms with Gasteiger partial charge in [0.2, 0.25) is 5.91 Å². The van der Waals surface area contributed by atoms with Gasteiger partial charge in [0.25, 0.3) is 0 Å². The van der Waals surface area contributed by atoms with Crippen molar-refractivity contribution in [1.82, 2.24) is 31.9 Å². The summed E-state index contributed by atoms with van der Waals surface area (Å²) in [4.78, 5) is 17.7. The molecule has 2 saturated carbocycles. The summed E-state index contributed by atoms with van der Waals surface area (Å²) in [5.74, 6) is -1.94. The Bertz CT molecular complexity index is 837. The molecule has 14 heteroatoms. The first-order chi connectivity index (χ1) is 17.4. The lowest BCUT2D eigenvalue weighted by molar-refractivity contribution is -0.168. The van der Waals surface area contributed by atoms with Crippen molar-refractivity contribution in [3.8, 4) is 0 Å². The minimum atomic E-state index is -4.59. The molecule has 9 nitrogen and oxygen atoms in total. The molecule has 2 heterocycles. The third-order valence-electron chi connectivity index (χ3n) is 8.23. The molecule has 1 amide bonds. The van der Waals surface area contributed by atoms with Crippen molar-refractivity contribution in [3.63, 3.8) is 0 Å². The maximum Gasteiger partial charge on any atom is 0.405 e. The van der Waals surface area contributed by atoms with Crippen molar-refractivity contribution in [2.24, 2.45) is 22.7 Å². The Hall–Kier alpha value is -1.25. The summed E-state index contributed by atoms with van der Waals surface area (Å²) in [5, 5.41) is 16.8. The summed E-state index contributed by atoms with van der Waals surface area (Å²) in [7, 11) is 1.46. The number of amides is 1. The fourth-order valence-corrected chi connectivity index (χ4v) is 6.26. The normalized spacial score (nSPS) is 42.1. The number of nitrogens with zero attached hydrogens (tertiary/aromatic N) is 2. The number of aliphatic hydroxyl groups excluding tert-OH is 1. The number of hydrazine groups is 2. The van der Waals surface area contributed by atoms with E-state index < -0.39 is 42.5 Å². The number of halogens is 5. The predicted molar refractivity (Wildman–Crippen MR) is 131 cm³/mol. The lowest BCUT2D eigenvalue weighted by atomic mass is 9.81. The predicted octanol–water partition coefficient (Wildman–Crippen LogP) is 1.53. The Morgan fingerprint density at radius 3 is 2.62 bits per heavy atom. The highest BCUT2D eigenvalue weighted by Gasteiger charge is 2.52. The fourth-order valence-electron chi connectivity index (χ4n) is 5.93. The number of hydrogen-bond acceptors (Lipinski definition) is 7. The molecular weight excluding hydrogens is 518 g/mol. The van der Waals surface area contributed by atoms with E-state index in [1.54, 1.807) is 0 Å². The van der Waals surface area contributed by atoms with E-state index in [4.69, 9.17) is 11.6 Å². The van der Waals surface area contributed by atoms with E-state index in [2.05, 4.69) is 31.9 Å². The van der Waals surface area contributed by atoms with Gasteiger partial charge in [0.1, 0.15) is 18.4 Å². The second kappa shape index (κ2) is 11.9. The molecule has 4 rings (SSSR count). The molecule has 0 radical (unpaired) electrons. The van der Waals surface area contributed by atoms with Crippen molar-refractivity contribution in [3.05, 3.63) is 0 Å². The third-order valence-corrected chi connectivity index (χ3v) is 8.85. The average molecular weight is 556 g/mol. The minimum absolute atomic E-state index is 0.0140. The van der Waals surface area contributed by atoms with E-state index >= 15 is 0 Å². The number of guanidine groups is 1. The van der Waals surface area contributed by atoms with Gasteiger partial charge in [-0.2, -0.15) is 13.2 Å². The molecule has 0 spiro atoms. The van der Waals surface area contributed by atoms with Gasteiger partial charge in [-0.05, 0) is 50.4 Å². The summed E-state index contributed by atoms with van der Waals surface area (Å²) in [6.45, 7) is 1.90. The monoisotopic (exact) mass is 555 g/mol. The Morgan fingerprint density at radius 2 is 1.92 bits per heavy atom. The summed E-state index contributed by atoms with van der Waals surface area (Å²) in [6, 6.07) is -2.18. The third kappa shape index (κ3) is 7.04. The average Bonchev–Trinajstić information content (AvgIpc) is 3.45. The van der Waals surface area contributed by atoms with Gasteiger partial charge < -0.3 is 10.4 Å².